The Hall–Kier alpha value is -2.73. The molecule has 0 radical (unpaired) electrons. The Kier molecular flexibility index (Phi) is 6.64. The molecule has 0 saturated heterocycles. The molecule has 0 atom stereocenters. The largest absolute Gasteiger partial charge is 0.855 e. The molecule has 0 bridgehead atoms. The van der Waals surface area contributed by atoms with Gasteiger partial charge in [0.15, 0.2) is 6.54 Å². The van der Waals surface area contributed by atoms with Crippen LogP contribution in [-0.4, -0.2) is 17.3 Å². The lowest BCUT2D eigenvalue weighted by Gasteiger charge is -2.15. The minimum absolute atomic E-state index is 0.378. The third-order valence-electron chi connectivity index (χ3n) is 4.07. The molecule has 0 fully saturated rings. The molecule has 0 N–H and O–H groups in total. The normalized spacial score (nSPS) is 12.5. The van der Waals surface area contributed by atoms with Crippen molar-refractivity contribution in [3.8, 4) is 0 Å². The van der Waals surface area contributed by atoms with Crippen molar-refractivity contribution < 1.29 is 27.5 Å². The van der Waals surface area contributed by atoms with Gasteiger partial charge in [0.05, 0.1) is 13.8 Å². The molecule has 0 aliphatic heterocycles. The lowest BCUT2D eigenvalue weighted by molar-refractivity contribution is -0.747. The number of benzene rings is 2. The van der Waals surface area contributed by atoms with Crippen molar-refractivity contribution in [3.05, 3.63) is 60.7 Å². The van der Waals surface area contributed by atoms with Gasteiger partial charge in [-0.3, -0.25) is 4.52 Å². The molecule has 9 heteroatoms. The van der Waals surface area contributed by atoms with E-state index in [4.69, 9.17) is 4.52 Å². The predicted octanol–water partition coefficient (Wildman–Crippen LogP) is 2.47. The summed E-state index contributed by atoms with van der Waals surface area (Å²) in [5, 5.41) is 17.2. The molecule has 0 amide bonds. The topological polar surface area (TPSA) is 65.3 Å². The quantitative estimate of drug-likeness (QED) is 0.255. The van der Waals surface area contributed by atoms with Gasteiger partial charge in [0, 0.05) is 6.42 Å². The smallest absolute Gasteiger partial charge is 0.419 e. The molecule has 5 nitrogen and oxygen atoms in total. The Balaban J connectivity index is 2.21. The first-order valence-electron chi connectivity index (χ1n) is 9.04. The van der Waals surface area contributed by atoms with Gasteiger partial charge in [-0.05, 0) is 15.3 Å². The average molecular weight is 421 g/mol. The molecule has 0 aliphatic rings. The fourth-order valence-corrected chi connectivity index (χ4v) is 5.09. The van der Waals surface area contributed by atoms with Gasteiger partial charge >= 0.3 is 17.5 Å². The zero-order valence-electron chi connectivity index (χ0n) is 15.6. The number of rotatable bonds is 7. The first-order valence-corrected chi connectivity index (χ1v) is 10.4. The number of hydrogen-bond donors (Lipinski definition) is 0. The molecular formula is C20H19F3N3O2P. The monoisotopic (exact) mass is 421 g/mol. The summed E-state index contributed by atoms with van der Waals surface area (Å²) in [7, 11) is -1.34. The maximum Gasteiger partial charge on any atom is 0.419 e. The van der Waals surface area contributed by atoms with Crippen molar-refractivity contribution in [2.45, 2.75) is 32.5 Å². The summed E-state index contributed by atoms with van der Waals surface area (Å²) in [4.78, 5) is 3.23. The number of alkyl halides is 3. The average Bonchev–Trinajstić information content (AvgIpc) is 3.10. The summed E-state index contributed by atoms with van der Waals surface area (Å²) in [6.45, 7) is 2.44. The Morgan fingerprint density at radius 3 is 2.10 bits per heavy atom. The van der Waals surface area contributed by atoms with Crippen molar-refractivity contribution >= 4 is 35.7 Å². The Morgan fingerprint density at radius 1 is 1.07 bits per heavy atom. The van der Waals surface area contributed by atoms with Crippen LogP contribution in [0.2, 0.25) is 0 Å². The van der Waals surface area contributed by atoms with E-state index in [1.165, 1.54) is 4.68 Å². The van der Waals surface area contributed by atoms with E-state index in [1.807, 2.05) is 67.6 Å². The van der Waals surface area contributed by atoms with E-state index >= 15 is 0 Å². The molecule has 0 spiro atoms. The van der Waals surface area contributed by atoms with E-state index in [-0.39, 0.29) is 0 Å². The lowest BCUT2D eigenvalue weighted by atomic mass is 10.3. The first kappa shape index (κ1) is 21.0. The molecule has 0 saturated carbocycles. The van der Waals surface area contributed by atoms with E-state index in [0.717, 1.165) is 23.5 Å². The number of unbranched alkanes of at least 4 members (excludes halogenated alkanes) is 1. The molecule has 1 heterocycles. The van der Waals surface area contributed by atoms with Crippen LogP contribution in [0.25, 0.3) is 0 Å². The zero-order chi connectivity index (χ0) is 20.9. The molecule has 0 aliphatic carbocycles. The third kappa shape index (κ3) is 5.01. The lowest BCUT2D eigenvalue weighted by Crippen LogP contribution is -2.50. The van der Waals surface area contributed by atoms with E-state index in [1.54, 1.807) is 0 Å². The summed E-state index contributed by atoms with van der Waals surface area (Å²) in [5.41, 5.74) is 0.378. The van der Waals surface area contributed by atoms with Crippen LogP contribution >= 0.6 is 7.92 Å². The molecule has 0 unspecified atom stereocenters. The van der Waals surface area contributed by atoms with Gasteiger partial charge in [0.1, 0.15) is 0 Å². The Bertz CT molecular complexity index is 921. The highest BCUT2D eigenvalue weighted by Crippen LogP contribution is 2.35. The minimum Gasteiger partial charge on any atom is -0.855 e. The number of nitrogens with zero attached hydrogens (tertiary/aromatic N) is 3. The summed E-state index contributed by atoms with van der Waals surface area (Å²) >= 11 is 0. The van der Waals surface area contributed by atoms with E-state index in [2.05, 4.69) is 10.3 Å². The zero-order valence-corrected chi connectivity index (χ0v) is 16.5. The van der Waals surface area contributed by atoms with Crippen LogP contribution in [0.1, 0.15) is 19.8 Å². The number of aromatic nitrogens is 2. The third-order valence-corrected chi connectivity index (χ3v) is 6.55. The fourth-order valence-electron chi connectivity index (χ4n) is 2.72. The van der Waals surface area contributed by atoms with Crippen molar-refractivity contribution in [3.63, 3.8) is 0 Å². The van der Waals surface area contributed by atoms with Gasteiger partial charge in [-0.25, -0.2) is 4.99 Å². The summed E-state index contributed by atoms with van der Waals surface area (Å²) in [6, 6.07) is 18.7. The van der Waals surface area contributed by atoms with Gasteiger partial charge in [-0.2, -0.15) is 13.2 Å². The van der Waals surface area contributed by atoms with Gasteiger partial charge in [-0.15, -0.1) is 0 Å². The summed E-state index contributed by atoms with van der Waals surface area (Å²) < 4.78 is 45.1. The van der Waals surface area contributed by atoms with Crippen LogP contribution in [-0.2, 0) is 6.54 Å². The van der Waals surface area contributed by atoms with Crippen LogP contribution in [0.15, 0.2) is 70.2 Å². The molecule has 2 aromatic carbocycles. The van der Waals surface area contributed by atoms with E-state index < -0.39 is 25.9 Å². The molecule has 1 aromatic heterocycles. The number of aliphatic imine (C=N–C) groups is 1. The van der Waals surface area contributed by atoms with Gasteiger partial charge in [-0.1, -0.05) is 74.0 Å². The highest BCUT2D eigenvalue weighted by molar-refractivity contribution is 7.79. The van der Waals surface area contributed by atoms with E-state index in [0.29, 0.717) is 12.0 Å². The molecule has 3 rings (SSSR count). The standard InChI is InChI=1S/C20H19F3N3O2P/c1-2-3-14-26-18(17(28-25-26)24-19(27)20(21,22)23)29(15-10-6-4-7-11-15)16-12-8-5-9-13-16/h4-13H,2-3,14H2,1H3. The van der Waals surface area contributed by atoms with Gasteiger partial charge in [0.2, 0.25) is 5.27 Å². The van der Waals surface area contributed by atoms with Crippen LogP contribution in [0, 0.1) is 0 Å². The van der Waals surface area contributed by atoms with Crippen molar-refractivity contribution in [1.29, 1.82) is 0 Å². The first-order chi connectivity index (χ1) is 13.9. The van der Waals surface area contributed by atoms with Gasteiger partial charge < -0.3 is 5.11 Å². The van der Waals surface area contributed by atoms with Crippen LogP contribution in [0.4, 0.5) is 19.1 Å². The second-order valence-electron chi connectivity index (χ2n) is 6.20. The minimum atomic E-state index is -5.08. The Labute approximate surface area is 167 Å². The molecule has 29 heavy (non-hydrogen) atoms. The highest BCUT2D eigenvalue weighted by Gasteiger charge is 2.36. The second kappa shape index (κ2) is 9.18. The molecular weight excluding hydrogens is 402 g/mol. The predicted molar refractivity (Wildman–Crippen MR) is 103 cm³/mol. The highest BCUT2D eigenvalue weighted by atomic mass is 31.1. The maximum absolute atomic E-state index is 12.8. The Morgan fingerprint density at radius 2 is 1.62 bits per heavy atom. The maximum atomic E-state index is 12.8. The second-order valence-corrected chi connectivity index (χ2v) is 8.33. The number of aryl methyl sites for hydroxylation is 1. The van der Waals surface area contributed by atoms with Crippen LogP contribution in [0.5, 0.6) is 0 Å². The van der Waals surface area contributed by atoms with E-state index in [9.17, 15) is 18.3 Å². The van der Waals surface area contributed by atoms with Crippen molar-refractivity contribution in [2.24, 2.45) is 4.99 Å². The van der Waals surface area contributed by atoms with Crippen molar-refractivity contribution in [2.75, 3.05) is 0 Å². The van der Waals surface area contributed by atoms with Gasteiger partial charge in [0.25, 0.3) is 0 Å². The summed E-state index contributed by atoms with van der Waals surface area (Å²) in [5.74, 6) is -2.61. The molecule has 152 valence electrons. The number of halogens is 3. The molecule has 3 aromatic rings. The summed E-state index contributed by atoms with van der Waals surface area (Å²) in [6.07, 6.45) is -3.47. The number of hydrogen-bond acceptors (Lipinski definition) is 4. The fraction of sp³-hybridized carbons (Fsp3) is 0.250. The van der Waals surface area contributed by atoms with Crippen LogP contribution in [0.3, 0.4) is 0 Å². The van der Waals surface area contributed by atoms with Crippen LogP contribution < -0.4 is 25.8 Å². The van der Waals surface area contributed by atoms with Crippen molar-refractivity contribution in [1.82, 2.24) is 5.27 Å². The SMILES string of the molecule is CCCC[n+]1noc(/N=C(/[O-])C(F)(F)F)c1P(c1ccccc1)c1ccccc1.